The highest BCUT2D eigenvalue weighted by Gasteiger charge is 2.20. The predicted molar refractivity (Wildman–Crippen MR) is 98.8 cm³/mol. The molecule has 1 aliphatic rings. The van der Waals surface area contributed by atoms with Crippen LogP contribution in [0.1, 0.15) is 26.3 Å². The quantitative estimate of drug-likeness (QED) is 0.917. The van der Waals surface area contributed by atoms with Gasteiger partial charge in [-0.1, -0.05) is 17.7 Å². The Morgan fingerprint density at radius 2 is 1.69 bits per heavy atom. The largest absolute Gasteiger partial charge is 0.495 e. The van der Waals surface area contributed by atoms with Crippen molar-refractivity contribution in [2.75, 3.05) is 38.7 Å². The maximum absolute atomic E-state index is 12.7. The standard InChI is InChI=1S/C20H22N2O4/c1-14-3-5-15(6-4-14)19(23)21-17-13-16(7-8-18(17)25-2)20(24)22-9-11-26-12-10-22/h3-8,13H,9-12H2,1-2H3,(H,21,23). The number of benzene rings is 2. The molecule has 2 aromatic rings. The zero-order valence-electron chi connectivity index (χ0n) is 15.0. The summed E-state index contributed by atoms with van der Waals surface area (Å²) in [5.41, 5.74) is 2.60. The van der Waals surface area contributed by atoms with E-state index in [0.29, 0.717) is 48.9 Å². The molecule has 26 heavy (non-hydrogen) atoms. The Bertz CT molecular complexity index is 796. The number of nitrogens with one attached hydrogen (secondary N) is 1. The Hall–Kier alpha value is -2.86. The highest BCUT2D eigenvalue weighted by atomic mass is 16.5. The van der Waals surface area contributed by atoms with Gasteiger partial charge in [-0.3, -0.25) is 9.59 Å². The number of ether oxygens (including phenoxy) is 2. The number of aryl methyl sites for hydroxylation is 1. The van der Waals surface area contributed by atoms with Crippen LogP contribution >= 0.6 is 0 Å². The van der Waals surface area contributed by atoms with Gasteiger partial charge in [0, 0.05) is 24.2 Å². The van der Waals surface area contributed by atoms with E-state index in [1.807, 2.05) is 19.1 Å². The molecule has 0 atom stereocenters. The van der Waals surface area contributed by atoms with E-state index in [4.69, 9.17) is 9.47 Å². The van der Waals surface area contributed by atoms with E-state index < -0.39 is 0 Å². The lowest BCUT2D eigenvalue weighted by atomic mass is 10.1. The molecule has 1 saturated heterocycles. The van der Waals surface area contributed by atoms with Crippen LogP contribution in [0.5, 0.6) is 5.75 Å². The number of morpholine rings is 1. The van der Waals surface area contributed by atoms with Gasteiger partial charge in [-0.2, -0.15) is 0 Å². The first-order valence-electron chi connectivity index (χ1n) is 8.51. The SMILES string of the molecule is COc1ccc(C(=O)N2CCOCC2)cc1NC(=O)c1ccc(C)cc1. The average Bonchev–Trinajstić information content (AvgIpc) is 2.68. The van der Waals surface area contributed by atoms with Gasteiger partial charge in [0.15, 0.2) is 0 Å². The molecule has 0 bridgehead atoms. The van der Waals surface area contributed by atoms with Crippen LogP contribution in [0.15, 0.2) is 42.5 Å². The fourth-order valence-electron chi connectivity index (χ4n) is 2.79. The molecule has 2 amide bonds. The van der Waals surface area contributed by atoms with Crippen molar-refractivity contribution < 1.29 is 19.1 Å². The van der Waals surface area contributed by atoms with Crippen LogP contribution in [0.4, 0.5) is 5.69 Å². The monoisotopic (exact) mass is 354 g/mol. The Kier molecular flexibility index (Phi) is 5.53. The summed E-state index contributed by atoms with van der Waals surface area (Å²) in [7, 11) is 1.53. The second-order valence-corrected chi connectivity index (χ2v) is 6.14. The molecule has 0 saturated carbocycles. The molecule has 2 aromatic carbocycles. The third kappa shape index (κ3) is 4.03. The highest BCUT2D eigenvalue weighted by Crippen LogP contribution is 2.27. The van der Waals surface area contributed by atoms with Crippen molar-refractivity contribution >= 4 is 17.5 Å². The lowest BCUT2D eigenvalue weighted by Crippen LogP contribution is -2.40. The third-order valence-corrected chi connectivity index (χ3v) is 4.31. The van der Waals surface area contributed by atoms with Gasteiger partial charge in [0.05, 0.1) is 26.0 Å². The number of carbonyl (C=O) groups is 2. The van der Waals surface area contributed by atoms with Gasteiger partial charge < -0.3 is 19.7 Å². The summed E-state index contributed by atoms with van der Waals surface area (Å²) in [6.45, 7) is 4.18. The Morgan fingerprint density at radius 3 is 2.35 bits per heavy atom. The van der Waals surface area contributed by atoms with Crippen LogP contribution in [0.2, 0.25) is 0 Å². The van der Waals surface area contributed by atoms with Gasteiger partial charge in [-0.15, -0.1) is 0 Å². The lowest BCUT2D eigenvalue weighted by Gasteiger charge is -2.27. The van der Waals surface area contributed by atoms with Crippen molar-refractivity contribution in [1.29, 1.82) is 0 Å². The van der Waals surface area contributed by atoms with Crippen molar-refractivity contribution in [1.82, 2.24) is 4.90 Å². The minimum absolute atomic E-state index is 0.0817. The minimum Gasteiger partial charge on any atom is -0.495 e. The molecule has 0 radical (unpaired) electrons. The molecule has 136 valence electrons. The van der Waals surface area contributed by atoms with Crippen molar-refractivity contribution in [3.63, 3.8) is 0 Å². The zero-order chi connectivity index (χ0) is 18.5. The Labute approximate surface area is 152 Å². The predicted octanol–water partition coefficient (Wildman–Crippen LogP) is 2.73. The second-order valence-electron chi connectivity index (χ2n) is 6.14. The van der Waals surface area contributed by atoms with Crippen molar-refractivity contribution in [2.45, 2.75) is 6.92 Å². The summed E-state index contributed by atoms with van der Waals surface area (Å²) < 4.78 is 10.6. The maximum atomic E-state index is 12.7. The van der Waals surface area contributed by atoms with E-state index in [1.165, 1.54) is 7.11 Å². The molecule has 0 aliphatic carbocycles. The summed E-state index contributed by atoms with van der Waals surface area (Å²) >= 11 is 0. The molecule has 1 N–H and O–H groups in total. The van der Waals surface area contributed by atoms with Crippen LogP contribution < -0.4 is 10.1 Å². The first-order chi connectivity index (χ1) is 12.6. The molecule has 3 rings (SSSR count). The van der Waals surface area contributed by atoms with Gasteiger partial charge in [0.2, 0.25) is 0 Å². The summed E-state index contributed by atoms with van der Waals surface area (Å²) in [5.74, 6) is 0.171. The molecule has 0 aromatic heterocycles. The van der Waals surface area contributed by atoms with Crippen LogP contribution in [0, 0.1) is 6.92 Å². The molecule has 1 aliphatic heterocycles. The Balaban J connectivity index is 1.82. The van der Waals surface area contributed by atoms with Crippen molar-refractivity contribution in [3.8, 4) is 5.75 Å². The first-order valence-corrected chi connectivity index (χ1v) is 8.51. The fraction of sp³-hybridized carbons (Fsp3) is 0.300. The molecule has 6 nitrogen and oxygen atoms in total. The summed E-state index contributed by atoms with van der Waals surface area (Å²) in [6, 6.07) is 12.3. The number of amides is 2. The molecule has 0 spiro atoms. The summed E-state index contributed by atoms with van der Waals surface area (Å²) in [5, 5.41) is 2.84. The van der Waals surface area contributed by atoms with Crippen molar-refractivity contribution in [2.24, 2.45) is 0 Å². The fourth-order valence-corrected chi connectivity index (χ4v) is 2.79. The Morgan fingerprint density at radius 1 is 1.04 bits per heavy atom. The summed E-state index contributed by atoms with van der Waals surface area (Å²) in [6.07, 6.45) is 0. The molecule has 0 unspecified atom stereocenters. The van der Waals surface area contributed by atoms with Gasteiger partial charge in [0.25, 0.3) is 11.8 Å². The van der Waals surface area contributed by atoms with E-state index in [-0.39, 0.29) is 11.8 Å². The van der Waals surface area contributed by atoms with Crippen LogP contribution in [-0.4, -0.2) is 50.1 Å². The third-order valence-electron chi connectivity index (χ3n) is 4.31. The smallest absolute Gasteiger partial charge is 0.255 e. The number of nitrogens with zero attached hydrogens (tertiary/aromatic N) is 1. The summed E-state index contributed by atoms with van der Waals surface area (Å²) in [4.78, 5) is 26.9. The highest BCUT2D eigenvalue weighted by molar-refractivity contribution is 6.06. The van der Waals surface area contributed by atoms with Crippen LogP contribution in [-0.2, 0) is 4.74 Å². The van der Waals surface area contributed by atoms with E-state index in [0.717, 1.165) is 5.56 Å². The number of rotatable bonds is 4. The minimum atomic E-state index is -0.251. The van der Waals surface area contributed by atoms with Gasteiger partial charge in [-0.25, -0.2) is 0 Å². The molecule has 1 heterocycles. The van der Waals surface area contributed by atoms with Gasteiger partial charge in [-0.05, 0) is 37.3 Å². The lowest BCUT2D eigenvalue weighted by molar-refractivity contribution is 0.0303. The molecular weight excluding hydrogens is 332 g/mol. The van der Waals surface area contributed by atoms with E-state index in [9.17, 15) is 9.59 Å². The molecule has 1 fully saturated rings. The molecular formula is C20H22N2O4. The second kappa shape index (κ2) is 8.01. The average molecular weight is 354 g/mol. The number of methoxy groups -OCH3 is 1. The normalized spacial score (nSPS) is 14.0. The number of anilines is 1. The number of hydrogen-bond donors (Lipinski definition) is 1. The van der Waals surface area contributed by atoms with Gasteiger partial charge >= 0.3 is 0 Å². The van der Waals surface area contributed by atoms with Crippen LogP contribution in [0.3, 0.4) is 0 Å². The topological polar surface area (TPSA) is 67.9 Å². The van der Waals surface area contributed by atoms with E-state index >= 15 is 0 Å². The number of hydrogen-bond acceptors (Lipinski definition) is 4. The van der Waals surface area contributed by atoms with E-state index in [1.54, 1.807) is 35.2 Å². The number of carbonyl (C=O) groups excluding carboxylic acids is 2. The van der Waals surface area contributed by atoms with Crippen molar-refractivity contribution in [3.05, 3.63) is 59.2 Å². The van der Waals surface area contributed by atoms with E-state index in [2.05, 4.69) is 5.32 Å². The zero-order valence-corrected chi connectivity index (χ0v) is 15.0. The van der Waals surface area contributed by atoms with Crippen LogP contribution in [0.25, 0.3) is 0 Å². The maximum Gasteiger partial charge on any atom is 0.255 e. The first kappa shape index (κ1) is 17.9. The molecule has 6 heteroatoms. The van der Waals surface area contributed by atoms with Gasteiger partial charge in [0.1, 0.15) is 5.75 Å².